The van der Waals surface area contributed by atoms with E-state index in [4.69, 9.17) is 0 Å². The molecular formula is C17H22N2O3S. The summed E-state index contributed by atoms with van der Waals surface area (Å²) in [6.45, 7) is 0.160. The maximum Gasteiger partial charge on any atom is 0.218 e. The van der Waals surface area contributed by atoms with Gasteiger partial charge < -0.3 is 5.11 Å². The predicted molar refractivity (Wildman–Crippen MR) is 90.4 cm³/mol. The van der Waals surface area contributed by atoms with Gasteiger partial charge in [0.25, 0.3) is 0 Å². The Bertz CT molecular complexity index is 793. The van der Waals surface area contributed by atoms with E-state index in [0.29, 0.717) is 23.9 Å². The first-order chi connectivity index (χ1) is 10.9. The zero-order valence-corrected chi connectivity index (χ0v) is 14.1. The smallest absolute Gasteiger partial charge is 0.218 e. The normalized spacial score (nSPS) is 17.9. The van der Waals surface area contributed by atoms with Crippen LogP contribution < -0.4 is 0 Å². The molecule has 3 rings (SSSR count). The van der Waals surface area contributed by atoms with Crippen molar-refractivity contribution in [1.29, 1.82) is 0 Å². The lowest BCUT2D eigenvalue weighted by Gasteiger charge is -2.28. The van der Waals surface area contributed by atoms with E-state index in [-0.39, 0.29) is 12.3 Å². The Morgan fingerprint density at radius 3 is 2.65 bits per heavy atom. The van der Waals surface area contributed by atoms with Gasteiger partial charge in [0.15, 0.2) is 0 Å². The van der Waals surface area contributed by atoms with Gasteiger partial charge in [-0.2, -0.15) is 0 Å². The lowest BCUT2D eigenvalue weighted by atomic mass is 10.0. The van der Waals surface area contributed by atoms with Gasteiger partial charge in [-0.25, -0.2) is 12.7 Å². The van der Waals surface area contributed by atoms with Crippen LogP contribution >= 0.6 is 0 Å². The second-order valence-corrected chi connectivity index (χ2v) is 8.51. The molecule has 0 amide bonds. The van der Waals surface area contributed by atoms with Crippen LogP contribution in [0, 0.1) is 0 Å². The van der Waals surface area contributed by atoms with E-state index in [1.54, 1.807) is 19.3 Å². The minimum Gasteiger partial charge on any atom is -0.389 e. The summed E-state index contributed by atoms with van der Waals surface area (Å²) in [6, 6.07) is 9.32. The lowest BCUT2D eigenvalue weighted by Crippen LogP contribution is -2.42. The van der Waals surface area contributed by atoms with Crippen molar-refractivity contribution in [3.8, 4) is 0 Å². The molecule has 1 aliphatic rings. The van der Waals surface area contributed by atoms with E-state index in [0.717, 1.165) is 18.2 Å². The quantitative estimate of drug-likeness (QED) is 0.911. The Kier molecular flexibility index (Phi) is 4.40. The molecule has 124 valence electrons. The molecule has 5 nitrogen and oxygen atoms in total. The van der Waals surface area contributed by atoms with E-state index in [2.05, 4.69) is 4.98 Å². The van der Waals surface area contributed by atoms with E-state index in [1.807, 2.05) is 24.3 Å². The molecule has 0 aliphatic heterocycles. The molecule has 23 heavy (non-hydrogen) atoms. The Hall–Kier alpha value is -1.50. The number of para-hydroxylation sites is 1. The van der Waals surface area contributed by atoms with Gasteiger partial charge in [-0.05, 0) is 24.5 Å². The number of aliphatic hydroxyl groups is 1. The molecule has 0 bridgehead atoms. The third kappa shape index (κ3) is 3.54. The van der Waals surface area contributed by atoms with Gasteiger partial charge in [-0.1, -0.05) is 37.1 Å². The van der Waals surface area contributed by atoms with Crippen LogP contribution in [0.4, 0.5) is 0 Å². The van der Waals surface area contributed by atoms with Crippen molar-refractivity contribution in [2.75, 3.05) is 13.6 Å². The second kappa shape index (κ2) is 6.19. The van der Waals surface area contributed by atoms with Crippen LogP contribution in [-0.4, -0.2) is 42.0 Å². The molecule has 0 spiro atoms. The fraction of sp³-hybridized carbons (Fsp3) is 0.471. The van der Waals surface area contributed by atoms with E-state index in [9.17, 15) is 13.5 Å². The SMILES string of the molecule is CN(CC1(O)CCCC1)S(=O)(=O)Cc1cccc2cccnc12. The zero-order valence-electron chi connectivity index (χ0n) is 13.3. The number of benzene rings is 1. The maximum atomic E-state index is 12.7. The van der Waals surface area contributed by atoms with Gasteiger partial charge >= 0.3 is 0 Å². The highest BCUT2D eigenvalue weighted by Crippen LogP contribution is 2.31. The molecule has 1 saturated carbocycles. The van der Waals surface area contributed by atoms with Crippen molar-refractivity contribution in [3.63, 3.8) is 0 Å². The summed E-state index contributed by atoms with van der Waals surface area (Å²) in [6.07, 6.45) is 4.92. The molecule has 1 heterocycles. The van der Waals surface area contributed by atoms with Gasteiger partial charge in [-0.3, -0.25) is 4.98 Å². The van der Waals surface area contributed by atoms with E-state index >= 15 is 0 Å². The summed E-state index contributed by atoms with van der Waals surface area (Å²) >= 11 is 0. The standard InChI is InChI=1S/C17H22N2O3S/c1-19(13-17(20)9-2-3-10-17)23(21,22)12-15-7-4-6-14-8-5-11-18-16(14)15/h4-8,11,20H,2-3,9-10,12-13H2,1H3. The first-order valence-corrected chi connectivity index (χ1v) is 9.50. The molecule has 2 aromatic rings. The number of hydrogen-bond donors (Lipinski definition) is 1. The fourth-order valence-electron chi connectivity index (χ4n) is 3.29. The number of fused-ring (bicyclic) bond motifs is 1. The van der Waals surface area contributed by atoms with Gasteiger partial charge in [0, 0.05) is 25.2 Å². The van der Waals surface area contributed by atoms with E-state index in [1.165, 1.54) is 4.31 Å². The van der Waals surface area contributed by atoms with Gasteiger partial charge in [0.2, 0.25) is 10.0 Å². The minimum absolute atomic E-state index is 0.103. The Morgan fingerprint density at radius 1 is 1.22 bits per heavy atom. The molecule has 1 aliphatic carbocycles. The molecule has 0 atom stereocenters. The molecule has 1 aromatic heterocycles. The molecular weight excluding hydrogens is 312 g/mol. The Morgan fingerprint density at radius 2 is 1.91 bits per heavy atom. The number of likely N-dealkylation sites (N-methyl/N-ethyl adjacent to an activating group) is 1. The van der Waals surface area contributed by atoms with E-state index < -0.39 is 15.6 Å². The Labute approximate surface area is 137 Å². The monoisotopic (exact) mass is 334 g/mol. The minimum atomic E-state index is -3.50. The molecule has 1 fully saturated rings. The van der Waals surface area contributed by atoms with Crippen molar-refractivity contribution in [1.82, 2.24) is 9.29 Å². The van der Waals surface area contributed by atoms with Crippen molar-refractivity contribution >= 4 is 20.9 Å². The predicted octanol–water partition coefficient (Wildman–Crippen LogP) is 2.30. The molecule has 1 N–H and O–H groups in total. The first kappa shape index (κ1) is 16.4. The van der Waals surface area contributed by atoms with Crippen LogP contribution in [0.15, 0.2) is 36.5 Å². The molecule has 0 unspecified atom stereocenters. The van der Waals surface area contributed by atoms with Crippen LogP contribution in [0.25, 0.3) is 10.9 Å². The molecule has 1 aromatic carbocycles. The fourth-order valence-corrected chi connectivity index (χ4v) is 4.58. The lowest BCUT2D eigenvalue weighted by molar-refractivity contribution is 0.0333. The van der Waals surface area contributed by atoms with Crippen molar-refractivity contribution in [3.05, 3.63) is 42.1 Å². The molecule has 0 saturated heterocycles. The van der Waals surface area contributed by atoms with Gasteiger partial charge in [-0.15, -0.1) is 0 Å². The number of aromatic nitrogens is 1. The van der Waals surface area contributed by atoms with Crippen LogP contribution in [0.5, 0.6) is 0 Å². The van der Waals surface area contributed by atoms with Gasteiger partial charge in [0.05, 0.1) is 16.9 Å². The van der Waals surface area contributed by atoms with Crippen molar-refractivity contribution < 1.29 is 13.5 Å². The summed E-state index contributed by atoms with van der Waals surface area (Å²) in [5.74, 6) is -0.103. The number of rotatable bonds is 5. The highest BCUT2D eigenvalue weighted by atomic mass is 32.2. The molecule has 0 radical (unpaired) electrons. The summed E-state index contributed by atoms with van der Waals surface area (Å²) in [4.78, 5) is 4.31. The summed E-state index contributed by atoms with van der Waals surface area (Å²) in [7, 11) is -1.95. The number of sulfonamides is 1. The number of pyridine rings is 1. The largest absolute Gasteiger partial charge is 0.389 e. The number of hydrogen-bond acceptors (Lipinski definition) is 4. The second-order valence-electron chi connectivity index (χ2n) is 6.44. The van der Waals surface area contributed by atoms with Crippen LogP contribution in [0.2, 0.25) is 0 Å². The van der Waals surface area contributed by atoms with Crippen LogP contribution in [0.3, 0.4) is 0 Å². The topological polar surface area (TPSA) is 70.5 Å². The van der Waals surface area contributed by atoms with Crippen LogP contribution in [-0.2, 0) is 15.8 Å². The highest BCUT2D eigenvalue weighted by Gasteiger charge is 2.35. The summed E-state index contributed by atoms with van der Waals surface area (Å²) < 4.78 is 26.6. The van der Waals surface area contributed by atoms with Gasteiger partial charge in [0.1, 0.15) is 0 Å². The van der Waals surface area contributed by atoms with Crippen molar-refractivity contribution in [2.24, 2.45) is 0 Å². The summed E-state index contributed by atoms with van der Waals surface area (Å²) in [5.41, 5.74) is 0.527. The molecule has 6 heteroatoms. The maximum absolute atomic E-state index is 12.7. The highest BCUT2D eigenvalue weighted by molar-refractivity contribution is 7.88. The van der Waals surface area contributed by atoms with Crippen molar-refractivity contribution in [2.45, 2.75) is 37.0 Å². The number of nitrogens with zero attached hydrogens (tertiary/aromatic N) is 2. The zero-order chi connectivity index (χ0) is 16.5. The summed E-state index contributed by atoms with van der Waals surface area (Å²) in [5, 5.41) is 11.4. The average Bonchev–Trinajstić information content (AvgIpc) is 2.93. The Balaban J connectivity index is 1.82. The third-order valence-electron chi connectivity index (χ3n) is 4.58. The third-order valence-corrected chi connectivity index (χ3v) is 6.33. The average molecular weight is 334 g/mol. The first-order valence-electron chi connectivity index (χ1n) is 7.89. The van der Waals surface area contributed by atoms with Crippen LogP contribution in [0.1, 0.15) is 31.2 Å².